The monoisotopic (exact) mass is 285 g/mol. The minimum atomic E-state index is -0.166. The molecule has 0 amide bonds. The molecule has 0 aromatic heterocycles. The summed E-state index contributed by atoms with van der Waals surface area (Å²) in [6.07, 6.45) is 2.18. The zero-order valence-electron chi connectivity index (χ0n) is 12.2. The molecule has 2 nitrogen and oxygen atoms in total. The van der Waals surface area contributed by atoms with E-state index in [1.807, 2.05) is 37.3 Å². The zero-order valence-corrected chi connectivity index (χ0v) is 12.2. The number of nitrogens with one attached hydrogen (secondary N) is 1. The normalized spacial score (nSPS) is 20.7. The molecule has 3 heteroatoms. The lowest BCUT2D eigenvalue weighted by Gasteiger charge is -2.37. The van der Waals surface area contributed by atoms with Gasteiger partial charge in [0, 0.05) is 17.8 Å². The van der Waals surface area contributed by atoms with Crippen LogP contribution in [-0.4, -0.2) is 12.6 Å². The van der Waals surface area contributed by atoms with Crippen LogP contribution in [0.5, 0.6) is 5.75 Å². The third kappa shape index (κ3) is 3.35. The van der Waals surface area contributed by atoms with Gasteiger partial charge < -0.3 is 10.1 Å². The van der Waals surface area contributed by atoms with Gasteiger partial charge in [0.1, 0.15) is 11.6 Å². The van der Waals surface area contributed by atoms with Crippen LogP contribution in [0.1, 0.15) is 31.2 Å². The highest BCUT2D eigenvalue weighted by Crippen LogP contribution is 2.38. The van der Waals surface area contributed by atoms with Crippen molar-refractivity contribution in [3.8, 4) is 5.75 Å². The smallest absolute Gasteiger partial charge is 0.123 e. The number of hydrogen-bond acceptors (Lipinski definition) is 2. The quantitative estimate of drug-likeness (QED) is 0.868. The maximum Gasteiger partial charge on any atom is 0.123 e. The predicted molar refractivity (Wildman–Crippen MR) is 83.4 cm³/mol. The highest BCUT2D eigenvalue weighted by atomic mass is 19.1. The van der Waals surface area contributed by atoms with E-state index in [0.717, 1.165) is 24.3 Å². The molecule has 1 N–H and O–H groups in total. The highest BCUT2D eigenvalue weighted by molar-refractivity contribution is 5.49. The first kappa shape index (κ1) is 13.9. The van der Waals surface area contributed by atoms with Crippen LogP contribution < -0.4 is 10.1 Å². The highest BCUT2D eigenvalue weighted by Gasteiger charge is 2.30. The van der Waals surface area contributed by atoms with Crippen LogP contribution in [-0.2, 0) is 0 Å². The minimum Gasteiger partial charge on any atom is -0.494 e. The Morgan fingerprint density at radius 1 is 1.14 bits per heavy atom. The standard InChI is InChI=1S/C18H20FNO/c1-2-21-18-5-3-4-16(12-18)20-17-10-14(11-17)13-6-8-15(19)9-7-13/h3-9,12,14,17,20H,2,10-11H2,1H3. The van der Waals surface area contributed by atoms with Gasteiger partial charge in [-0.15, -0.1) is 0 Å². The molecule has 0 spiro atoms. The summed E-state index contributed by atoms with van der Waals surface area (Å²) >= 11 is 0. The topological polar surface area (TPSA) is 21.3 Å². The first-order chi connectivity index (χ1) is 10.2. The Kier molecular flexibility index (Phi) is 4.09. The van der Waals surface area contributed by atoms with Crippen molar-refractivity contribution in [2.24, 2.45) is 0 Å². The molecule has 0 aliphatic heterocycles. The van der Waals surface area contributed by atoms with Crippen LogP contribution in [0.25, 0.3) is 0 Å². The molecule has 0 unspecified atom stereocenters. The first-order valence-corrected chi connectivity index (χ1v) is 7.49. The molecule has 0 saturated heterocycles. The van der Waals surface area contributed by atoms with Crippen molar-refractivity contribution in [3.63, 3.8) is 0 Å². The number of hydrogen-bond donors (Lipinski definition) is 1. The third-order valence-electron chi connectivity index (χ3n) is 4.00. The lowest BCUT2D eigenvalue weighted by Crippen LogP contribution is -2.33. The van der Waals surface area contributed by atoms with Gasteiger partial charge in [-0.3, -0.25) is 0 Å². The van der Waals surface area contributed by atoms with Crippen molar-refractivity contribution >= 4 is 5.69 Å². The molecule has 21 heavy (non-hydrogen) atoms. The van der Waals surface area contributed by atoms with Crippen molar-refractivity contribution in [2.75, 3.05) is 11.9 Å². The van der Waals surface area contributed by atoms with E-state index in [2.05, 4.69) is 11.4 Å². The van der Waals surface area contributed by atoms with Gasteiger partial charge in [-0.25, -0.2) is 4.39 Å². The molecule has 2 aromatic carbocycles. The largest absolute Gasteiger partial charge is 0.494 e. The Balaban J connectivity index is 1.55. The first-order valence-electron chi connectivity index (χ1n) is 7.49. The van der Waals surface area contributed by atoms with Crippen LogP contribution >= 0.6 is 0 Å². The van der Waals surface area contributed by atoms with Crippen molar-refractivity contribution < 1.29 is 9.13 Å². The van der Waals surface area contributed by atoms with Crippen LogP contribution in [0.3, 0.4) is 0 Å². The van der Waals surface area contributed by atoms with Crippen LogP contribution in [0.15, 0.2) is 48.5 Å². The summed E-state index contributed by atoms with van der Waals surface area (Å²) in [7, 11) is 0. The van der Waals surface area contributed by atoms with Gasteiger partial charge in [-0.1, -0.05) is 18.2 Å². The van der Waals surface area contributed by atoms with E-state index in [9.17, 15) is 4.39 Å². The molecular weight excluding hydrogens is 265 g/mol. The van der Waals surface area contributed by atoms with Gasteiger partial charge in [0.25, 0.3) is 0 Å². The number of anilines is 1. The molecule has 0 heterocycles. The third-order valence-corrected chi connectivity index (χ3v) is 4.00. The van der Waals surface area contributed by atoms with E-state index in [-0.39, 0.29) is 5.82 Å². The second-order valence-electron chi connectivity index (χ2n) is 5.52. The SMILES string of the molecule is CCOc1cccc(NC2CC(c3ccc(F)cc3)C2)c1. The molecule has 2 aromatic rings. The summed E-state index contributed by atoms with van der Waals surface area (Å²) in [6, 6.07) is 15.4. The summed E-state index contributed by atoms with van der Waals surface area (Å²) in [5, 5.41) is 3.53. The Hall–Kier alpha value is -2.03. The Morgan fingerprint density at radius 2 is 1.90 bits per heavy atom. The van der Waals surface area contributed by atoms with E-state index in [0.29, 0.717) is 18.6 Å². The zero-order chi connectivity index (χ0) is 14.7. The molecule has 0 atom stereocenters. The molecular formula is C18H20FNO. The molecule has 0 radical (unpaired) electrons. The molecule has 3 rings (SSSR count). The van der Waals surface area contributed by atoms with Gasteiger partial charge in [0.2, 0.25) is 0 Å². The van der Waals surface area contributed by atoms with Crippen molar-refractivity contribution in [3.05, 3.63) is 59.9 Å². The van der Waals surface area contributed by atoms with E-state index in [4.69, 9.17) is 4.74 Å². The van der Waals surface area contributed by atoms with Gasteiger partial charge >= 0.3 is 0 Å². The molecule has 0 bridgehead atoms. The number of halogens is 1. The Bertz CT molecular complexity index is 590. The van der Waals surface area contributed by atoms with E-state index < -0.39 is 0 Å². The number of benzene rings is 2. The fourth-order valence-electron chi connectivity index (χ4n) is 2.82. The predicted octanol–water partition coefficient (Wildman–Crippen LogP) is 4.58. The maximum absolute atomic E-state index is 12.9. The lowest BCUT2D eigenvalue weighted by atomic mass is 9.76. The van der Waals surface area contributed by atoms with Gasteiger partial charge in [0.15, 0.2) is 0 Å². The summed E-state index contributed by atoms with van der Waals surface area (Å²) in [4.78, 5) is 0. The molecule has 1 aliphatic rings. The van der Waals surface area contributed by atoms with Crippen molar-refractivity contribution in [2.45, 2.75) is 31.7 Å². The number of ether oxygens (including phenoxy) is 1. The van der Waals surface area contributed by atoms with E-state index >= 15 is 0 Å². The van der Waals surface area contributed by atoms with Crippen LogP contribution in [0.4, 0.5) is 10.1 Å². The number of rotatable bonds is 5. The van der Waals surface area contributed by atoms with Crippen LogP contribution in [0, 0.1) is 5.82 Å². The van der Waals surface area contributed by atoms with Crippen molar-refractivity contribution in [1.29, 1.82) is 0 Å². The average Bonchev–Trinajstić information content (AvgIpc) is 2.45. The van der Waals surface area contributed by atoms with Crippen LogP contribution in [0.2, 0.25) is 0 Å². The van der Waals surface area contributed by atoms with Gasteiger partial charge in [-0.2, -0.15) is 0 Å². The maximum atomic E-state index is 12.9. The fourth-order valence-corrected chi connectivity index (χ4v) is 2.82. The second-order valence-corrected chi connectivity index (χ2v) is 5.52. The average molecular weight is 285 g/mol. The summed E-state index contributed by atoms with van der Waals surface area (Å²) in [5.41, 5.74) is 2.33. The Labute approximate surface area is 125 Å². The summed E-state index contributed by atoms with van der Waals surface area (Å²) < 4.78 is 18.4. The van der Waals surface area contributed by atoms with E-state index in [1.165, 1.54) is 5.56 Å². The minimum absolute atomic E-state index is 0.166. The molecule has 1 aliphatic carbocycles. The summed E-state index contributed by atoms with van der Waals surface area (Å²) in [6.45, 7) is 2.67. The van der Waals surface area contributed by atoms with E-state index in [1.54, 1.807) is 12.1 Å². The summed E-state index contributed by atoms with van der Waals surface area (Å²) in [5.74, 6) is 1.27. The Morgan fingerprint density at radius 3 is 2.62 bits per heavy atom. The second kappa shape index (κ2) is 6.17. The molecule has 110 valence electrons. The molecule has 1 saturated carbocycles. The van der Waals surface area contributed by atoms with Gasteiger partial charge in [-0.05, 0) is 55.5 Å². The van der Waals surface area contributed by atoms with Gasteiger partial charge in [0.05, 0.1) is 6.61 Å². The fraction of sp³-hybridized carbons (Fsp3) is 0.333. The lowest BCUT2D eigenvalue weighted by molar-refractivity contribution is 0.340. The van der Waals surface area contributed by atoms with Crippen molar-refractivity contribution in [1.82, 2.24) is 0 Å². The molecule has 1 fully saturated rings.